The second-order valence-electron chi connectivity index (χ2n) is 4.48. The first-order valence-electron chi connectivity index (χ1n) is 6.62. The fourth-order valence-corrected chi connectivity index (χ4v) is 3.03. The summed E-state index contributed by atoms with van der Waals surface area (Å²) in [6, 6.07) is 13.9. The van der Waals surface area contributed by atoms with Crippen molar-refractivity contribution in [3.8, 4) is 11.3 Å². The number of ether oxygens (including phenoxy) is 1. The van der Waals surface area contributed by atoms with Gasteiger partial charge in [-0.05, 0) is 17.7 Å². The number of carbonyl (C=O) groups excluding carboxylic acids is 1. The minimum atomic E-state index is -0.380. The van der Waals surface area contributed by atoms with E-state index >= 15 is 0 Å². The zero-order chi connectivity index (χ0) is 14.8. The highest BCUT2D eigenvalue weighted by Crippen LogP contribution is 2.34. The van der Waals surface area contributed by atoms with Crippen LogP contribution in [-0.4, -0.2) is 17.6 Å². The summed E-state index contributed by atoms with van der Waals surface area (Å²) in [7, 11) is 0. The number of esters is 1. The Labute approximate surface area is 126 Å². The summed E-state index contributed by atoms with van der Waals surface area (Å²) < 4.78 is 5.09. The largest absolute Gasteiger partial charge is 0.462 e. The molecule has 4 nitrogen and oxygen atoms in total. The van der Waals surface area contributed by atoms with Crippen LogP contribution >= 0.6 is 11.3 Å². The predicted octanol–water partition coefficient (Wildman–Crippen LogP) is 3.72. The number of aromatic nitrogens is 1. The van der Waals surface area contributed by atoms with Crippen molar-refractivity contribution in [2.45, 2.75) is 6.92 Å². The zero-order valence-corrected chi connectivity index (χ0v) is 12.3. The first-order valence-corrected chi connectivity index (χ1v) is 7.44. The summed E-state index contributed by atoms with van der Waals surface area (Å²) in [5, 5.41) is 2.49. The van der Waals surface area contributed by atoms with E-state index in [4.69, 9.17) is 10.5 Å². The maximum atomic E-state index is 12.1. The van der Waals surface area contributed by atoms with Crippen molar-refractivity contribution in [3.05, 3.63) is 47.3 Å². The third-order valence-electron chi connectivity index (χ3n) is 3.15. The van der Waals surface area contributed by atoms with Crippen LogP contribution in [-0.2, 0) is 4.74 Å². The van der Waals surface area contributed by atoms with Crippen molar-refractivity contribution in [3.63, 3.8) is 0 Å². The lowest BCUT2D eigenvalue weighted by Gasteiger charge is -2.06. The molecular formula is C16H14N2O2S. The molecule has 0 unspecified atom stereocenters. The Morgan fingerprint density at radius 1 is 1.24 bits per heavy atom. The average molecular weight is 298 g/mol. The van der Waals surface area contributed by atoms with Crippen LogP contribution in [0.5, 0.6) is 0 Å². The molecule has 3 rings (SSSR count). The molecule has 21 heavy (non-hydrogen) atoms. The van der Waals surface area contributed by atoms with Gasteiger partial charge in [-0.15, -0.1) is 0 Å². The Morgan fingerprint density at radius 3 is 2.81 bits per heavy atom. The lowest BCUT2D eigenvalue weighted by Crippen LogP contribution is -2.04. The molecule has 106 valence electrons. The molecule has 5 heteroatoms. The molecule has 1 aromatic heterocycles. The predicted molar refractivity (Wildman–Crippen MR) is 85.4 cm³/mol. The Hall–Kier alpha value is -2.40. The van der Waals surface area contributed by atoms with E-state index in [1.807, 2.05) is 42.5 Å². The van der Waals surface area contributed by atoms with Gasteiger partial charge >= 0.3 is 5.97 Å². The number of nitrogens with two attached hydrogens (primary N) is 1. The molecule has 0 bridgehead atoms. The van der Waals surface area contributed by atoms with Gasteiger partial charge in [-0.3, -0.25) is 0 Å². The molecule has 0 aliphatic rings. The van der Waals surface area contributed by atoms with Crippen LogP contribution in [0.3, 0.4) is 0 Å². The SMILES string of the molecule is CCOC(=O)c1sc(N)nc1-c1cccc2ccccc12. The Bertz CT molecular complexity index is 806. The van der Waals surface area contributed by atoms with Gasteiger partial charge in [0.2, 0.25) is 0 Å². The first-order chi connectivity index (χ1) is 10.2. The van der Waals surface area contributed by atoms with E-state index in [1.54, 1.807) is 6.92 Å². The van der Waals surface area contributed by atoms with E-state index in [0.717, 1.165) is 27.7 Å². The van der Waals surface area contributed by atoms with Gasteiger partial charge in [0.1, 0.15) is 4.88 Å². The standard InChI is InChI=1S/C16H14N2O2S/c1-2-20-15(19)14-13(18-16(17)21-14)12-9-5-7-10-6-3-4-8-11(10)12/h3-9H,2H2,1H3,(H2,17,18). The third-order valence-corrected chi connectivity index (χ3v) is 4.01. The quantitative estimate of drug-likeness (QED) is 0.748. The summed E-state index contributed by atoms with van der Waals surface area (Å²) in [5.41, 5.74) is 7.28. The number of rotatable bonds is 3. The van der Waals surface area contributed by atoms with Crippen molar-refractivity contribution < 1.29 is 9.53 Å². The molecular weight excluding hydrogens is 284 g/mol. The van der Waals surface area contributed by atoms with Crippen LogP contribution in [0.4, 0.5) is 5.13 Å². The van der Waals surface area contributed by atoms with Gasteiger partial charge in [0.15, 0.2) is 5.13 Å². The monoisotopic (exact) mass is 298 g/mol. The minimum absolute atomic E-state index is 0.325. The van der Waals surface area contributed by atoms with Crippen molar-refractivity contribution in [1.82, 2.24) is 4.98 Å². The summed E-state index contributed by atoms with van der Waals surface area (Å²) in [5.74, 6) is -0.380. The number of carbonyl (C=O) groups is 1. The van der Waals surface area contributed by atoms with Crippen molar-refractivity contribution >= 4 is 33.2 Å². The second-order valence-corrected chi connectivity index (χ2v) is 5.51. The first kappa shape index (κ1) is 13.6. The molecule has 0 fully saturated rings. The maximum Gasteiger partial charge on any atom is 0.350 e. The van der Waals surface area contributed by atoms with Gasteiger partial charge in [-0.2, -0.15) is 0 Å². The number of anilines is 1. The van der Waals surface area contributed by atoms with E-state index in [0.29, 0.717) is 22.3 Å². The van der Waals surface area contributed by atoms with E-state index in [9.17, 15) is 4.79 Å². The summed E-state index contributed by atoms with van der Waals surface area (Å²) in [6.45, 7) is 2.10. The summed E-state index contributed by atoms with van der Waals surface area (Å²) >= 11 is 1.16. The highest BCUT2D eigenvalue weighted by Gasteiger charge is 2.20. The number of thiazole rings is 1. The highest BCUT2D eigenvalue weighted by atomic mass is 32.1. The van der Waals surface area contributed by atoms with Gasteiger partial charge in [-0.25, -0.2) is 9.78 Å². The van der Waals surface area contributed by atoms with Gasteiger partial charge in [-0.1, -0.05) is 53.8 Å². The molecule has 1 heterocycles. The van der Waals surface area contributed by atoms with Crippen LogP contribution in [0.15, 0.2) is 42.5 Å². The summed E-state index contributed by atoms with van der Waals surface area (Å²) in [4.78, 5) is 16.9. The van der Waals surface area contributed by atoms with E-state index in [1.165, 1.54) is 0 Å². The number of nitrogens with zero attached hydrogens (tertiary/aromatic N) is 1. The number of hydrogen-bond acceptors (Lipinski definition) is 5. The van der Waals surface area contributed by atoms with Gasteiger partial charge in [0.05, 0.1) is 12.3 Å². The molecule has 0 radical (unpaired) electrons. The van der Waals surface area contributed by atoms with Crippen LogP contribution in [0.2, 0.25) is 0 Å². The van der Waals surface area contributed by atoms with Gasteiger partial charge < -0.3 is 10.5 Å². The van der Waals surface area contributed by atoms with Crippen LogP contribution in [0.1, 0.15) is 16.6 Å². The average Bonchev–Trinajstić information content (AvgIpc) is 2.89. The molecule has 0 atom stereocenters. The maximum absolute atomic E-state index is 12.1. The van der Waals surface area contributed by atoms with Crippen molar-refractivity contribution in [2.75, 3.05) is 12.3 Å². The minimum Gasteiger partial charge on any atom is -0.462 e. The molecule has 0 amide bonds. The highest BCUT2D eigenvalue weighted by molar-refractivity contribution is 7.17. The molecule has 0 saturated heterocycles. The van der Waals surface area contributed by atoms with Crippen LogP contribution in [0.25, 0.3) is 22.0 Å². The number of hydrogen-bond donors (Lipinski definition) is 1. The molecule has 0 aliphatic carbocycles. The third kappa shape index (κ3) is 2.48. The van der Waals surface area contributed by atoms with Crippen molar-refractivity contribution in [2.24, 2.45) is 0 Å². The molecule has 0 spiro atoms. The fraction of sp³-hybridized carbons (Fsp3) is 0.125. The van der Waals surface area contributed by atoms with Crippen LogP contribution in [0, 0.1) is 0 Å². The smallest absolute Gasteiger partial charge is 0.350 e. The fourth-order valence-electron chi connectivity index (χ4n) is 2.29. The Morgan fingerprint density at radius 2 is 2.00 bits per heavy atom. The van der Waals surface area contributed by atoms with E-state index in [-0.39, 0.29) is 5.97 Å². The molecule has 0 aliphatic heterocycles. The lowest BCUT2D eigenvalue weighted by molar-refractivity contribution is 0.0532. The Kier molecular flexibility index (Phi) is 3.58. The van der Waals surface area contributed by atoms with E-state index in [2.05, 4.69) is 4.98 Å². The lowest BCUT2D eigenvalue weighted by atomic mass is 10.0. The summed E-state index contributed by atoms with van der Waals surface area (Å²) in [6.07, 6.45) is 0. The number of nitrogen functional groups attached to an aromatic ring is 1. The normalized spacial score (nSPS) is 10.7. The molecule has 0 saturated carbocycles. The second kappa shape index (κ2) is 5.54. The van der Waals surface area contributed by atoms with Crippen molar-refractivity contribution in [1.29, 1.82) is 0 Å². The van der Waals surface area contributed by atoms with Crippen LogP contribution < -0.4 is 5.73 Å². The topological polar surface area (TPSA) is 65.2 Å². The van der Waals surface area contributed by atoms with E-state index < -0.39 is 0 Å². The number of benzene rings is 2. The molecule has 3 aromatic rings. The zero-order valence-electron chi connectivity index (χ0n) is 11.5. The molecule has 2 aromatic carbocycles. The molecule has 2 N–H and O–H groups in total. The van der Waals surface area contributed by atoms with Gasteiger partial charge in [0, 0.05) is 5.56 Å². The Balaban J connectivity index is 2.21. The van der Waals surface area contributed by atoms with Gasteiger partial charge in [0.25, 0.3) is 0 Å². The number of fused-ring (bicyclic) bond motifs is 1.